The summed E-state index contributed by atoms with van der Waals surface area (Å²) in [6, 6.07) is 8.28. The van der Waals surface area contributed by atoms with Crippen molar-refractivity contribution in [1.29, 1.82) is 0 Å². The highest BCUT2D eigenvalue weighted by Gasteiger charge is 2.19. The van der Waals surface area contributed by atoms with Gasteiger partial charge in [0.15, 0.2) is 0 Å². The van der Waals surface area contributed by atoms with Crippen LogP contribution in [0.25, 0.3) is 0 Å². The van der Waals surface area contributed by atoms with Crippen LogP contribution in [-0.4, -0.2) is 11.9 Å². The van der Waals surface area contributed by atoms with E-state index in [1.807, 2.05) is 44.2 Å². The van der Waals surface area contributed by atoms with Gasteiger partial charge in [-0.25, -0.2) is 0 Å². The summed E-state index contributed by atoms with van der Waals surface area (Å²) in [7, 11) is 0. The molecule has 0 saturated carbocycles. The maximum Gasteiger partial charge on any atom is 0.242 e. The van der Waals surface area contributed by atoms with E-state index in [2.05, 4.69) is 11.2 Å². The molecule has 0 aliphatic rings. The molecule has 0 spiro atoms. The zero-order valence-corrected chi connectivity index (χ0v) is 10.2. The minimum absolute atomic E-state index is 0.187. The molecule has 0 radical (unpaired) electrons. The second-order valence-electron chi connectivity index (χ2n) is 4.29. The first-order valence-electron chi connectivity index (χ1n) is 5.63. The lowest BCUT2D eigenvalue weighted by Crippen LogP contribution is -2.42. The van der Waals surface area contributed by atoms with Gasteiger partial charge < -0.3 is 11.1 Å². The maximum atomic E-state index is 11.9. The normalized spacial score (nSPS) is 13.8. The molecule has 0 aliphatic carbocycles. The van der Waals surface area contributed by atoms with Crippen molar-refractivity contribution in [3.8, 4) is 12.3 Å². The Balaban J connectivity index is 2.69. The molecule has 0 aromatic heterocycles. The van der Waals surface area contributed by atoms with E-state index in [0.717, 1.165) is 5.56 Å². The van der Waals surface area contributed by atoms with Gasteiger partial charge in [-0.05, 0) is 11.5 Å². The first-order chi connectivity index (χ1) is 8.06. The molecule has 90 valence electrons. The second kappa shape index (κ2) is 6.07. The molecule has 1 aromatic carbocycles. The highest BCUT2D eigenvalue weighted by atomic mass is 16.2. The number of amides is 1. The summed E-state index contributed by atoms with van der Waals surface area (Å²) in [6.45, 7) is 3.91. The van der Waals surface area contributed by atoms with E-state index >= 15 is 0 Å². The SMILES string of the molecule is C#CC(NC(=O)C(N)c1ccccc1)C(C)C. The smallest absolute Gasteiger partial charge is 0.242 e. The lowest BCUT2D eigenvalue weighted by Gasteiger charge is -2.19. The Morgan fingerprint density at radius 1 is 1.35 bits per heavy atom. The van der Waals surface area contributed by atoms with E-state index in [1.54, 1.807) is 0 Å². The first kappa shape index (κ1) is 13.3. The van der Waals surface area contributed by atoms with E-state index in [1.165, 1.54) is 0 Å². The first-order valence-corrected chi connectivity index (χ1v) is 5.63. The van der Waals surface area contributed by atoms with Crippen LogP contribution in [0.5, 0.6) is 0 Å². The van der Waals surface area contributed by atoms with E-state index in [0.29, 0.717) is 0 Å². The van der Waals surface area contributed by atoms with Gasteiger partial charge in [-0.1, -0.05) is 50.1 Å². The van der Waals surface area contributed by atoms with Crippen LogP contribution in [0.1, 0.15) is 25.5 Å². The van der Waals surface area contributed by atoms with Crippen LogP contribution in [0.4, 0.5) is 0 Å². The summed E-state index contributed by atoms with van der Waals surface area (Å²) in [5.41, 5.74) is 6.64. The fourth-order valence-corrected chi connectivity index (χ4v) is 1.46. The Kier molecular flexibility index (Phi) is 4.74. The molecular weight excluding hydrogens is 212 g/mol. The van der Waals surface area contributed by atoms with Gasteiger partial charge in [-0.15, -0.1) is 6.42 Å². The average molecular weight is 230 g/mol. The predicted octanol–water partition coefficient (Wildman–Crippen LogP) is 1.46. The Morgan fingerprint density at radius 3 is 2.41 bits per heavy atom. The molecule has 2 atom stereocenters. The Hall–Kier alpha value is -1.79. The van der Waals surface area contributed by atoms with E-state index in [9.17, 15) is 4.79 Å². The van der Waals surface area contributed by atoms with Crippen molar-refractivity contribution in [3.63, 3.8) is 0 Å². The number of nitrogens with two attached hydrogens (primary N) is 1. The van der Waals surface area contributed by atoms with Crippen LogP contribution in [0.2, 0.25) is 0 Å². The predicted molar refractivity (Wildman–Crippen MR) is 69.0 cm³/mol. The van der Waals surface area contributed by atoms with Crippen molar-refractivity contribution in [2.75, 3.05) is 0 Å². The average Bonchev–Trinajstić information content (AvgIpc) is 2.35. The zero-order valence-electron chi connectivity index (χ0n) is 10.2. The van der Waals surface area contributed by atoms with Gasteiger partial charge in [0, 0.05) is 0 Å². The molecule has 1 rings (SSSR count). The maximum absolute atomic E-state index is 11.9. The van der Waals surface area contributed by atoms with Gasteiger partial charge in [0.2, 0.25) is 5.91 Å². The van der Waals surface area contributed by atoms with Crippen LogP contribution in [0, 0.1) is 18.3 Å². The number of carbonyl (C=O) groups excluding carboxylic acids is 1. The third-order valence-corrected chi connectivity index (χ3v) is 2.59. The summed E-state index contributed by atoms with van der Waals surface area (Å²) in [4.78, 5) is 11.9. The zero-order chi connectivity index (χ0) is 12.8. The van der Waals surface area contributed by atoms with E-state index < -0.39 is 6.04 Å². The Bertz CT molecular complexity index is 406. The summed E-state index contributed by atoms with van der Waals surface area (Å²) >= 11 is 0. The Labute approximate surface area is 102 Å². The number of hydrogen-bond acceptors (Lipinski definition) is 2. The van der Waals surface area contributed by atoms with Gasteiger partial charge in [0.05, 0.1) is 6.04 Å². The van der Waals surface area contributed by atoms with Crippen molar-refractivity contribution in [2.24, 2.45) is 11.7 Å². The minimum atomic E-state index is -0.675. The van der Waals surface area contributed by atoms with Crippen LogP contribution in [-0.2, 0) is 4.79 Å². The minimum Gasteiger partial charge on any atom is -0.341 e. The Morgan fingerprint density at radius 2 is 1.94 bits per heavy atom. The van der Waals surface area contributed by atoms with Crippen LogP contribution < -0.4 is 11.1 Å². The molecule has 0 fully saturated rings. The number of terminal acetylenes is 1. The molecule has 3 nitrogen and oxygen atoms in total. The van der Waals surface area contributed by atoms with Gasteiger partial charge in [-0.3, -0.25) is 4.79 Å². The van der Waals surface area contributed by atoms with Crippen molar-refractivity contribution in [2.45, 2.75) is 25.9 Å². The van der Waals surface area contributed by atoms with Crippen molar-refractivity contribution in [1.82, 2.24) is 5.32 Å². The van der Waals surface area contributed by atoms with Crippen molar-refractivity contribution in [3.05, 3.63) is 35.9 Å². The molecule has 3 heteroatoms. The molecule has 0 aliphatic heterocycles. The molecular formula is C14H18N2O. The van der Waals surface area contributed by atoms with Crippen LogP contribution in [0.3, 0.4) is 0 Å². The summed E-state index contributed by atoms with van der Waals surface area (Å²) in [5, 5.41) is 2.76. The van der Waals surface area contributed by atoms with Gasteiger partial charge in [-0.2, -0.15) is 0 Å². The lowest BCUT2D eigenvalue weighted by molar-refractivity contribution is -0.123. The third kappa shape index (κ3) is 3.61. The third-order valence-electron chi connectivity index (χ3n) is 2.59. The quantitative estimate of drug-likeness (QED) is 0.769. The highest BCUT2D eigenvalue weighted by molar-refractivity contribution is 5.83. The fraction of sp³-hybridized carbons (Fsp3) is 0.357. The van der Waals surface area contributed by atoms with E-state index in [-0.39, 0.29) is 17.9 Å². The van der Waals surface area contributed by atoms with Crippen LogP contribution in [0.15, 0.2) is 30.3 Å². The topological polar surface area (TPSA) is 55.1 Å². The number of carbonyl (C=O) groups is 1. The molecule has 1 aromatic rings. The highest BCUT2D eigenvalue weighted by Crippen LogP contribution is 2.10. The summed E-state index contributed by atoms with van der Waals surface area (Å²) < 4.78 is 0. The van der Waals surface area contributed by atoms with Crippen molar-refractivity contribution >= 4 is 5.91 Å². The largest absolute Gasteiger partial charge is 0.341 e. The number of nitrogens with one attached hydrogen (secondary N) is 1. The monoisotopic (exact) mass is 230 g/mol. The van der Waals surface area contributed by atoms with Crippen molar-refractivity contribution < 1.29 is 4.79 Å². The van der Waals surface area contributed by atoms with Crippen LogP contribution >= 0.6 is 0 Å². The molecule has 2 unspecified atom stereocenters. The fourth-order valence-electron chi connectivity index (χ4n) is 1.46. The molecule has 0 bridgehead atoms. The van der Waals surface area contributed by atoms with Gasteiger partial charge >= 0.3 is 0 Å². The molecule has 17 heavy (non-hydrogen) atoms. The van der Waals surface area contributed by atoms with Gasteiger partial charge in [0.1, 0.15) is 6.04 Å². The molecule has 0 saturated heterocycles. The van der Waals surface area contributed by atoms with E-state index in [4.69, 9.17) is 12.2 Å². The summed E-state index contributed by atoms with van der Waals surface area (Å²) in [6.07, 6.45) is 5.36. The standard InChI is InChI=1S/C14H18N2O/c1-4-12(10(2)3)16-14(17)13(15)11-8-6-5-7-9-11/h1,5-10,12-13H,15H2,2-3H3,(H,16,17). The number of hydrogen-bond donors (Lipinski definition) is 2. The second-order valence-corrected chi connectivity index (χ2v) is 4.29. The molecule has 1 amide bonds. The lowest BCUT2D eigenvalue weighted by atomic mass is 10.0. The molecule has 0 heterocycles. The molecule has 3 N–H and O–H groups in total. The summed E-state index contributed by atoms with van der Waals surface area (Å²) in [5.74, 6) is 2.50. The van der Waals surface area contributed by atoms with Gasteiger partial charge in [0.25, 0.3) is 0 Å². The number of benzene rings is 1. The number of rotatable bonds is 4.